The number of ether oxygens (including phenoxy) is 2. The minimum absolute atomic E-state index is 0.0159. The van der Waals surface area contributed by atoms with Crippen molar-refractivity contribution in [1.29, 1.82) is 0 Å². The van der Waals surface area contributed by atoms with Crippen molar-refractivity contribution in [2.24, 2.45) is 5.92 Å². The van der Waals surface area contributed by atoms with E-state index in [9.17, 15) is 19.8 Å². The van der Waals surface area contributed by atoms with Crippen LogP contribution in [0.2, 0.25) is 10.3 Å². The molecular weight excluding hydrogens is 585 g/mol. The number of halogens is 2. The van der Waals surface area contributed by atoms with Crippen molar-refractivity contribution in [3.05, 3.63) is 82.4 Å². The third-order valence-corrected chi connectivity index (χ3v) is 7.39. The fraction of sp³-hybridized carbons (Fsp3) is 0.276. The van der Waals surface area contributed by atoms with Crippen LogP contribution in [-0.2, 0) is 32.0 Å². The van der Waals surface area contributed by atoms with Crippen LogP contribution in [0.15, 0.2) is 60.9 Å². The maximum Gasteiger partial charge on any atom is 0.348 e. The number of carbonyl (C=O) groups is 2. The fourth-order valence-corrected chi connectivity index (χ4v) is 5.19. The Morgan fingerprint density at radius 3 is 2.55 bits per heavy atom. The van der Waals surface area contributed by atoms with Crippen LogP contribution >= 0.6 is 23.2 Å². The summed E-state index contributed by atoms with van der Waals surface area (Å²) < 4.78 is 13.5. The molecule has 1 saturated heterocycles. The molecule has 3 N–H and O–H groups in total. The number of fused-ring (bicyclic) bond motifs is 1. The Morgan fingerprint density at radius 2 is 1.86 bits per heavy atom. The van der Waals surface area contributed by atoms with Gasteiger partial charge >= 0.3 is 11.9 Å². The lowest BCUT2D eigenvalue weighted by Gasteiger charge is -2.27. The number of hydrogen-bond donors (Lipinski definition) is 3. The Bertz CT molecular complexity index is 1640. The summed E-state index contributed by atoms with van der Waals surface area (Å²) in [6.07, 6.45) is 5.77. The molecular formula is C29H25Cl2N5O6. The summed E-state index contributed by atoms with van der Waals surface area (Å²) in [6.45, 7) is 0.0396. The second kappa shape index (κ2) is 12.3. The zero-order valence-corrected chi connectivity index (χ0v) is 23.5. The van der Waals surface area contributed by atoms with Gasteiger partial charge in [-0.3, -0.25) is 4.57 Å². The Kier molecular flexibility index (Phi) is 8.61. The Balaban J connectivity index is 1.35. The van der Waals surface area contributed by atoms with E-state index in [1.165, 1.54) is 6.33 Å². The molecule has 0 unspecified atom stereocenters. The highest BCUT2D eigenvalue weighted by molar-refractivity contribution is 6.30. The first-order chi connectivity index (χ1) is 20.2. The molecule has 0 spiro atoms. The van der Waals surface area contributed by atoms with Crippen LogP contribution in [0.1, 0.15) is 23.8 Å². The van der Waals surface area contributed by atoms with E-state index in [0.29, 0.717) is 40.5 Å². The molecule has 0 amide bonds. The molecule has 1 fully saturated rings. The molecule has 11 nitrogen and oxygen atoms in total. The molecule has 5 rings (SSSR count). The number of hydrogen-bond acceptors (Lipinski definition) is 8. The predicted octanol–water partition coefficient (Wildman–Crippen LogP) is 4.45. The molecule has 0 bridgehead atoms. The van der Waals surface area contributed by atoms with Crippen LogP contribution in [0.25, 0.3) is 11.2 Å². The molecule has 0 radical (unpaired) electrons. The van der Waals surface area contributed by atoms with Crippen molar-refractivity contribution in [3.8, 4) is 12.3 Å². The predicted molar refractivity (Wildman–Crippen MR) is 154 cm³/mol. The number of nitrogens with one attached hydrogen (secondary N) is 1. The van der Waals surface area contributed by atoms with Gasteiger partial charge in [0.2, 0.25) is 5.28 Å². The van der Waals surface area contributed by atoms with Gasteiger partial charge in [0.15, 0.2) is 17.0 Å². The number of terminal acetylenes is 1. The number of imidazole rings is 1. The summed E-state index contributed by atoms with van der Waals surface area (Å²) >= 11 is 12.3. The number of carboxylic acids is 2. The second-order valence-electron chi connectivity index (χ2n) is 9.70. The quantitative estimate of drug-likeness (QED) is 0.126. The summed E-state index contributed by atoms with van der Waals surface area (Å²) in [5.41, 5.74) is -0.286. The van der Waals surface area contributed by atoms with Crippen LogP contribution < -0.4 is 5.32 Å². The number of rotatable bonds is 11. The van der Waals surface area contributed by atoms with Gasteiger partial charge in [-0.1, -0.05) is 54.1 Å². The van der Waals surface area contributed by atoms with E-state index in [1.54, 1.807) is 41.0 Å². The van der Waals surface area contributed by atoms with E-state index in [1.807, 2.05) is 18.2 Å². The summed E-state index contributed by atoms with van der Waals surface area (Å²) in [6, 6.07) is 15.7. The normalized spacial score (nSPS) is 18.5. The smallest absolute Gasteiger partial charge is 0.348 e. The van der Waals surface area contributed by atoms with E-state index in [2.05, 4.69) is 26.2 Å². The van der Waals surface area contributed by atoms with Gasteiger partial charge in [0, 0.05) is 24.4 Å². The molecule has 0 saturated carbocycles. The van der Waals surface area contributed by atoms with Crippen LogP contribution in [0.5, 0.6) is 0 Å². The molecule has 3 heterocycles. The minimum atomic E-state index is -2.53. The van der Waals surface area contributed by atoms with Crippen molar-refractivity contribution < 1.29 is 29.3 Å². The van der Waals surface area contributed by atoms with E-state index in [-0.39, 0.29) is 18.3 Å². The number of anilines is 1. The van der Waals surface area contributed by atoms with E-state index < -0.39 is 35.8 Å². The molecule has 42 heavy (non-hydrogen) atoms. The molecule has 2 aromatic heterocycles. The number of benzene rings is 2. The average molecular weight is 610 g/mol. The third kappa shape index (κ3) is 6.03. The van der Waals surface area contributed by atoms with Crippen LogP contribution in [0.3, 0.4) is 0 Å². The van der Waals surface area contributed by atoms with Gasteiger partial charge < -0.3 is 25.0 Å². The molecule has 216 valence electrons. The summed E-state index contributed by atoms with van der Waals surface area (Å²) in [4.78, 5) is 37.5. The molecule has 1 aliphatic rings. The summed E-state index contributed by atoms with van der Waals surface area (Å²) in [5.74, 6) is -0.716. The maximum absolute atomic E-state index is 12.2. The van der Waals surface area contributed by atoms with Crippen molar-refractivity contribution in [1.82, 2.24) is 19.5 Å². The lowest BCUT2D eigenvalue weighted by atomic mass is 9.94. The summed E-state index contributed by atoms with van der Waals surface area (Å²) in [5, 5.41) is 23.6. The van der Waals surface area contributed by atoms with Gasteiger partial charge in [-0.15, -0.1) is 12.3 Å². The molecule has 2 aromatic carbocycles. The average Bonchev–Trinajstić information content (AvgIpc) is 3.58. The maximum atomic E-state index is 12.2. The number of aromatic nitrogens is 4. The molecule has 4 aromatic rings. The standard InChI is InChI=1S/C29H25Cl2N5O6/c1-2-19-12-22(42-21(19)15-41-29(26(37)38,27(39)40)13-17-7-4-3-5-8-17)36-16-33-23-24(34-28(31)35-25(23)36)32-14-18-9-6-10-20(30)11-18/h1,3-11,16,19,21-22H,12-15H2,(H,37,38)(H,39,40)(H,32,34,35)/t19-,21-,22-/m1/s1. The van der Waals surface area contributed by atoms with Crippen molar-refractivity contribution in [3.63, 3.8) is 0 Å². The van der Waals surface area contributed by atoms with Crippen LogP contribution in [0.4, 0.5) is 5.82 Å². The first-order valence-corrected chi connectivity index (χ1v) is 13.6. The van der Waals surface area contributed by atoms with Crippen LogP contribution in [0, 0.1) is 18.3 Å². The van der Waals surface area contributed by atoms with Gasteiger partial charge in [0.1, 0.15) is 6.23 Å². The Labute approximate surface area is 250 Å². The molecule has 3 atom stereocenters. The largest absolute Gasteiger partial charge is 0.479 e. The number of aliphatic carboxylic acids is 2. The minimum Gasteiger partial charge on any atom is -0.479 e. The zero-order chi connectivity index (χ0) is 29.9. The monoisotopic (exact) mass is 609 g/mol. The first kappa shape index (κ1) is 29.3. The lowest BCUT2D eigenvalue weighted by molar-refractivity contribution is -0.188. The molecule has 0 aliphatic carbocycles. The molecule has 13 heteroatoms. The SMILES string of the molecule is C#C[C@@H]1C[C@H](n2cnc3c(NCc4cccc(Cl)c4)nc(Cl)nc32)O[C@@H]1COC(Cc1ccccc1)(C(=O)O)C(=O)O. The summed E-state index contributed by atoms with van der Waals surface area (Å²) in [7, 11) is 0. The molecule has 1 aliphatic heterocycles. The second-order valence-corrected chi connectivity index (χ2v) is 10.5. The van der Waals surface area contributed by atoms with E-state index in [4.69, 9.17) is 39.1 Å². The van der Waals surface area contributed by atoms with E-state index in [0.717, 1.165) is 5.56 Å². The lowest BCUT2D eigenvalue weighted by Crippen LogP contribution is -2.52. The fourth-order valence-electron chi connectivity index (χ4n) is 4.81. The van der Waals surface area contributed by atoms with Gasteiger partial charge in [-0.25, -0.2) is 14.6 Å². The highest BCUT2D eigenvalue weighted by Gasteiger charge is 2.50. The van der Waals surface area contributed by atoms with Crippen molar-refractivity contribution in [2.45, 2.75) is 37.3 Å². The zero-order valence-electron chi connectivity index (χ0n) is 22.0. The van der Waals surface area contributed by atoms with Gasteiger partial charge in [0.25, 0.3) is 5.60 Å². The highest BCUT2D eigenvalue weighted by atomic mass is 35.5. The van der Waals surface area contributed by atoms with Gasteiger partial charge in [-0.2, -0.15) is 9.97 Å². The van der Waals surface area contributed by atoms with Gasteiger partial charge in [-0.05, 0) is 34.9 Å². The Morgan fingerprint density at radius 1 is 1.12 bits per heavy atom. The Hall–Kier alpha value is -4.21. The third-order valence-electron chi connectivity index (χ3n) is 6.98. The first-order valence-electron chi connectivity index (χ1n) is 12.8. The number of nitrogens with zero attached hydrogens (tertiary/aromatic N) is 4. The van der Waals surface area contributed by atoms with Crippen molar-refractivity contribution >= 4 is 52.1 Å². The van der Waals surface area contributed by atoms with Crippen molar-refractivity contribution in [2.75, 3.05) is 11.9 Å². The topological polar surface area (TPSA) is 149 Å². The van der Waals surface area contributed by atoms with Gasteiger partial charge in [0.05, 0.1) is 25.0 Å². The number of carboxylic acid groups (broad SMARTS) is 2. The van der Waals surface area contributed by atoms with Crippen LogP contribution in [-0.4, -0.2) is 60.0 Å². The van der Waals surface area contributed by atoms with E-state index >= 15 is 0 Å². The highest BCUT2D eigenvalue weighted by Crippen LogP contribution is 2.36.